The van der Waals surface area contributed by atoms with E-state index < -0.39 is 0 Å². The van der Waals surface area contributed by atoms with Gasteiger partial charge in [0, 0.05) is 28.7 Å². The maximum Gasteiger partial charge on any atom is 0.201 e. The van der Waals surface area contributed by atoms with Crippen LogP contribution in [0, 0.1) is 6.92 Å². The van der Waals surface area contributed by atoms with Crippen LogP contribution < -0.4 is 10.6 Å². The Morgan fingerprint density at radius 2 is 1.26 bits per heavy atom. The maximum atomic E-state index is 5.42. The molecule has 0 aliphatic heterocycles. The summed E-state index contributed by atoms with van der Waals surface area (Å²) in [5.74, 6) is 2.23. The number of rotatable bonds is 9. The highest BCUT2D eigenvalue weighted by Crippen LogP contribution is 2.31. The lowest BCUT2D eigenvalue weighted by atomic mass is 10.0. The summed E-state index contributed by atoms with van der Waals surface area (Å²) in [6, 6.07) is 27.7. The van der Waals surface area contributed by atoms with E-state index in [4.69, 9.17) is 13.8 Å². The molecule has 0 atom stereocenters. The third-order valence-corrected chi connectivity index (χ3v) is 6.24. The Morgan fingerprint density at radius 3 is 1.79 bits per heavy atom. The number of nitrogens with zero attached hydrogens (tertiary/aromatic N) is 4. The van der Waals surface area contributed by atoms with Crippen molar-refractivity contribution in [3.05, 3.63) is 121 Å². The molecule has 0 unspecified atom stereocenters. The molecule has 0 amide bonds. The van der Waals surface area contributed by atoms with Crippen molar-refractivity contribution in [2.45, 2.75) is 20.0 Å². The fraction of sp³-hybridized carbons (Fsp3) is 0.0968. The smallest absolute Gasteiger partial charge is 0.201 e. The van der Waals surface area contributed by atoms with Gasteiger partial charge in [0.25, 0.3) is 0 Å². The minimum atomic E-state index is 0.481. The molecule has 8 heteroatoms. The molecule has 0 bridgehead atoms. The Labute approximate surface area is 225 Å². The normalized spacial score (nSPS) is 10.9. The highest BCUT2D eigenvalue weighted by Gasteiger charge is 2.16. The second kappa shape index (κ2) is 11.0. The van der Waals surface area contributed by atoms with Crippen molar-refractivity contribution < 1.29 is 8.83 Å². The van der Waals surface area contributed by atoms with Gasteiger partial charge in [-0.2, -0.15) is 0 Å². The Kier molecular flexibility index (Phi) is 6.81. The topological polar surface area (TPSA) is 102 Å². The number of hydrogen-bond acceptors (Lipinski definition) is 8. The Hall–Kier alpha value is -5.24. The molecular formula is C31H26N6O2. The Bertz CT molecular complexity index is 1650. The summed E-state index contributed by atoms with van der Waals surface area (Å²) in [6.07, 6.45) is 5.10. The minimum absolute atomic E-state index is 0.481. The molecule has 6 rings (SSSR count). The molecular weight excluding hydrogens is 488 g/mol. The zero-order valence-corrected chi connectivity index (χ0v) is 21.3. The summed E-state index contributed by atoms with van der Waals surface area (Å²) in [4.78, 5) is 9.40. The van der Waals surface area contributed by atoms with Gasteiger partial charge in [-0.15, -0.1) is 10.2 Å². The van der Waals surface area contributed by atoms with Crippen LogP contribution in [0.1, 0.15) is 17.1 Å². The summed E-state index contributed by atoms with van der Waals surface area (Å²) in [6.45, 7) is 3.23. The van der Waals surface area contributed by atoms with Crippen molar-refractivity contribution in [2.24, 2.45) is 0 Å². The van der Waals surface area contributed by atoms with Crippen LogP contribution in [0.5, 0.6) is 0 Å². The van der Waals surface area contributed by atoms with Gasteiger partial charge in [-0.3, -0.25) is 4.98 Å². The van der Waals surface area contributed by atoms with E-state index in [1.165, 1.54) is 0 Å². The van der Waals surface area contributed by atoms with E-state index in [0.29, 0.717) is 30.3 Å². The molecule has 39 heavy (non-hydrogen) atoms. The second-order valence-electron chi connectivity index (χ2n) is 9.07. The maximum absolute atomic E-state index is 5.42. The zero-order valence-electron chi connectivity index (χ0n) is 21.3. The van der Waals surface area contributed by atoms with Crippen LogP contribution in [-0.4, -0.2) is 20.2 Å². The molecule has 4 heterocycles. The van der Waals surface area contributed by atoms with E-state index in [0.717, 1.165) is 45.3 Å². The molecule has 2 N–H and O–H groups in total. The van der Waals surface area contributed by atoms with E-state index in [1.54, 1.807) is 18.7 Å². The first-order valence-electron chi connectivity index (χ1n) is 12.6. The van der Waals surface area contributed by atoms with E-state index in [1.807, 2.05) is 91.9 Å². The van der Waals surface area contributed by atoms with Gasteiger partial charge in [0.15, 0.2) is 0 Å². The van der Waals surface area contributed by atoms with Gasteiger partial charge < -0.3 is 19.5 Å². The van der Waals surface area contributed by atoms with Gasteiger partial charge in [-0.25, -0.2) is 4.98 Å². The lowest BCUT2D eigenvalue weighted by Crippen LogP contribution is -2.02. The fourth-order valence-electron chi connectivity index (χ4n) is 4.19. The number of hydrogen-bond donors (Lipinski definition) is 2. The van der Waals surface area contributed by atoms with Crippen molar-refractivity contribution in [2.75, 3.05) is 10.6 Å². The molecule has 0 aliphatic rings. The molecule has 0 aliphatic carbocycles. The zero-order chi connectivity index (χ0) is 26.4. The first-order chi connectivity index (χ1) is 19.2. The average molecular weight is 515 g/mol. The highest BCUT2D eigenvalue weighted by molar-refractivity contribution is 5.79. The lowest BCUT2D eigenvalue weighted by Gasteiger charge is -2.12. The first kappa shape index (κ1) is 24.1. The third-order valence-electron chi connectivity index (χ3n) is 6.24. The van der Waals surface area contributed by atoms with Gasteiger partial charge in [0.1, 0.15) is 28.6 Å². The Morgan fingerprint density at radius 1 is 0.667 bits per heavy atom. The van der Waals surface area contributed by atoms with Crippen LogP contribution in [-0.2, 0) is 13.1 Å². The highest BCUT2D eigenvalue weighted by atomic mass is 16.3. The molecule has 192 valence electrons. The number of furan rings is 2. The largest absolute Gasteiger partial charge is 0.467 e. The molecule has 8 nitrogen and oxygen atoms in total. The quantitative estimate of drug-likeness (QED) is 0.213. The summed E-state index contributed by atoms with van der Waals surface area (Å²) in [5, 5.41) is 15.8. The van der Waals surface area contributed by atoms with Crippen molar-refractivity contribution in [3.8, 4) is 34.0 Å². The van der Waals surface area contributed by atoms with Crippen molar-refractivity contribution >= 4 is 11.4 Å². The van der Waals surface area contributed by atoms with Crippen LogP contribution >= 0.6 is 0 Å². The van der Waals surface area contributed by atoms with E-state index in [2.05, 4.69) is 25.8 Å². The Balaban J connectivity index is 1.30. The monoisotopic (exact) mass is 514 g/mol. The molecule has 4 aromatic heterocycles. The molecule has 0 radical (unpaired) electrons. The van der Waals surface area contributed by atoms with Crippen LogP contribution in [0.2, 0.25) is 0 Å². The van der Waals surface area contributed by atoms with Crippen LogP contribution in [0.25, 0.3) is 34.0 Å². The van der Waals surface area contributed by atoms with Crippen molar-refractivity contribution in [1.82, 2.24) is 20.2 Å². The summed E-state index contributed by atoms with van der Waals surface area (Å²) in [5.41, 5.74) is 6.99. The summed E-state index contributed by atoms with van der Waals surface area (Å²) < 4.78 is 10.8. The van der Waals surface area contributed by atoms with E-state index in [-0.39, 0.29) is 0 Å². The SMILES string of the molecule is Cc1ccnc(-c2nnc(-c3ccc(NCc4ccco4)cc3)c(-c3ccc(NCc4ccco4)cc3)n2)c1. The van der Waals surface area contributed by atoms with E-state index >= 15 is 0 Å². The standard InChI is InChI=1S/C31H26N6O2/c1-21-14-15-32-28(18-21)31-35-29(22-6-10-24(11-7-22)33-19-26-4-2-16-38-26)30(36-37-31)23-8-12-25(13-9-23)34-20-27-5-3-17-39-27/h2-18,33-34H,19-20H2,1H3. The fourth-order valence-corrected chi connectivity index (χ4v) is 4.19. The van der Waals surface area contributed by atoms with Gasteiger partial charge in [-0.1, -0.05) is 24.3 Å². The lowest BCUT2D eigenvalue weighted by molar-refractivity contribution is 0.518. The third kappa shape index (κ3) is 5.70. The number of nitrogens with one attached hydrogen (secondary N) is 2. The first-order valence-corrected chi connectivity index (χ1v) is 12.6. The molecule has 2 aromatic carbocycles. The van der Waals surface area contributed by atoms with Crippen LogP contribution in [0.3, 0.4) is 0 Å². The predicted octanol–water partition coefficient (Wildman–Crippen LogP) is 6.99. The van der Waals surface area contributed by atoms with Gasteiger partial charge in [0.05, 0.1) is 25.6 Å². The molecule has 0 fully saturated rings. The molecule has 0 saturated carbocycles. The number of anilines is 2. The summed E-state index contributed by atoms with van der Waals surface area (Å²) in [7, 11) is 0. The van der Waals surface area contributed by atoms with Crippen LogP contribution in [0.15, 0.2) is 112 Å². The van der Waals surface area contributed by atoms with Gasteiger partial charge in [0.2, 0.25) is 5.82 Å². The van der Waals surface area contributed by atoms with Crippen molar-refractivity contribution in [3.63, 3.8) is 0 Å². The number of aromatic nitrogens is 4. The molecule has 0 saturated heterocycles. The molecule has 0 spiro atoms. The number of benzene rings is 2. The van der Waals surface area contributed by atoms with Crippen LogP contribution in [0.4, 0.5) is 11.4 Å². The predicted molar refractivity (Wildman–Crippen MR) is 151 cm³/mol. The number of pyridine rings is 1. The van der Waals surface area contributed by atoms with E-state index in [9.17, 15) is 0 Å². The number of aryl methyl sites for hydroxylation is 1. The minimum Gasteiger partial charge on any atom is -0.467 e. The van der Waals surface area contributed by atoms with Crippen molar-refractivity contribution in [1.29, 1.82) is 0 Å². The second-order valence-corrected chi connectivity index (χ2v) is 9.07. The summed E-state index contributed by atoms with van der Waals surface area (Å²) >= 11 is 0. The average Bonchev–Trinajstić information content (AvgIpc) is 3.70. The van der Waals surface area contributed by atoms with Gasteiger partial charge in [-0.05, 0) is 73.2 Å². The molecule has 6 aromatic rings. The van der Waals surface area contributed by atoms with Gasteiger partial charge >= 0.3 is 0 Å².